The maximum atomic E-state index is 5.54. The molecule has 1 aromatic heterocycles. The molecule has 0 bridgehead atoms. The predicted octanol–water partition coefficient (Wildman–Crippen LogP) is 1.67. The van der Waals surface area contributed by atoms with E-state index in [1.807, 2.05) is 6.07 Å². The van der Waals surface area contributed by atoms with Crippen LogP contribution in [-0.2, 0) is 4.74 Å². The van der Waals surface area contributed by atoms with Gasteiger partial charge in [0.25, 0.3) is 0 Å². The summed E-state index contributed by atoms with van der Waals surface area (Å²) in [5, 5.41) is 6.31. The number of aromatic nitrogens is 2. The number of nitrogens with one attached hydrogen (secondary N) is 2. The molecule has 0 radical (unpaired) electrons. The Morgan fingerprint density at radius 1 is 1.53 bits per heavy atom. The quantitative estimate of drug-likeness (QED) is 0.733. The van der Waals surface area contributed by atoms with Gasteiger partial charge in [-0.1, -0.05) is 6.08 Å². The summed E-state index contributed by atoms with van der Waals surface area (Å²) < 4.78 is 5.54. The molecule has 1 unspecified atom stereocenters. The van der Waals surface area contributed by atoms with Crippen LogP contribution in [0.4, 0.5) is 11.8 Å². The summed E-state index contributed by atoms with van der Waals surface area (Å²) >= 11 is 0. The topological polar surface area (TPSA) is 59.1 Å². The molecule has 2 N–H and O–H groups in total. The SMILES string of the molecule is C=CCNc1nccc(NCC2CCCO2)n1. The summed E-state index contributed by atoms with van der Waals surface area (Å²) in [5.74, 6) is 1.43. The van der Waals surface area contributed by atoms with Crippen molar-refractivity contribution in [1.82, 2.24) is 9.97 Å². The number of ether oxygens (including phenoxy) is 1. The third kappa shape index (κ3) is 3.71. The lowest BCUT2D eigenvalue weighted by atomic mass is 10.2. The first kappa shape index (κ1) is 11.9. The van der Waals surface area contributed by atoms with Crippen molar-refractivity contribution in [2.45, 2.75) is 18.9 Å². The van der Waals surface area contributed by atoms with Gasteiger partial charge < -0.3 is 15.4 Å². The van der Waals surface area contributed by atoms with Crippen LogP contribution in [0.1, 0.15) is 12.8 Å². The van der Waals surface area contributed by atoms with Crippen LogP contribution in [0, 0.1) is 0 Å². The number of hydrogen-bond donors (Lipinski definition) is 2. The second-order valence-corrected chi connectivity index (χ2v) is 3.95. The van der Waals surface area contributed by atoms with E-state index in [-0.39, 0.29) is 0 Å². The van der Waals surface area contributed by atoms with Gasteiger partial charge in [-0.2, -0.15) is 4.98 Å². The highest BCUT2D eigenvalue weighted by molar-refractivity contribution is 5.39. The Hall–Kier alpha value is -1.62. The first-order valence-electron chi connectivity index (χ1n) is 5.92. The van der Waals surface area contributed by atoms with Gasteiger partial charge in [0.05, 0.1) is 6.10 Å². The van der Waals surface area contributed by atoms with Crippen molar-refractivity contribution in [1.29, 1.82) is 0 Å². The van der Waals surface area contributed by atoms with E-state index in [0.717, 1.165) is 31.8 Å². The zero-order chi connectivity index (χ0) is 11.9. The Bertz CT molecular complexity index is 363. The average Bonchev–Trinajstić information content (AvgIpc) is 2.87. The first-order chi connectivity index (χ1) is 8.38. The molecule has 17 heavy (non-hydrogen) atoms. The summed E-state index contributed by atoms with van der Waals surface area (Å²) in [4.78, 5) is 8.45. The van der Waals surface area contributed by atoms with Crippen molar-refractivity contribution in [3.63, 3.8) is 0 Å². The van der Waals surface area contributed by atoms with Gasteiger partial charge in [-0.25, -0.2) is 4.98 Å². The van der Waals surface area contributed by atoms with Gasteiger partial charge in [-0.05, 0) is 18.9 Å². The number of nitrogens with zero attached hydrogens (tertiary/aromatic N) is 2. The monoisotopic (exact) mass is 234 g/mol. The van der Waals surface area contributed by atoms with Crippen molar-refractivity contribution >= 4 is 11.8 Å². The maximum absolute atomic E-state index is 5.54. The van der Waals surface area contributed by atoms with E-state index < -0.39 is 0 Å². The first-order valence-corrected chi connectivity index (χ1v) is 5.92. The molecule has 2 rings (SSSR count). The molecular formula is C12H18N4O. The van der Waals surface area contributed by atoms with Crippen LogP contribution in [0.3, 0.4) is 0 Å². The van der Waals surface area contributed by atoms with Crippen molar-refractivity contribution in [2.75, 3.05) is 30.3 Å². The molecule has 1 aliphatic heterocycles. The van der Waals surface area contributed by atoms with Crippen molar-refractivity contribution < 1.29 is 4.74 Å². The zero-order valence-corrected chi connectivity index (χ0v) is 9.85. The summed E-state index contributed by atoms with van der Waals surface area (Å²) in [5.41, 5.74) is 0. The highest BCUT2D eigenvalue weighted by Crippen LogP contribution is 2.13. The lowest BCUT2D eigenvalue weighted by Crippen LogP contribution is -2.19. The molecule has 0 spiro atoms. The Kier molecular flexibility index (Phi) is 4.32. The summed E-state index contributed by atoms with van der Waals surface area (Å²) in [6.07, 6.45) is 6.10. The van der Waals surface area contributed by atoms with Crippen LogP contribution in [0.25, 0.3) is 0 Å². The molecule has 1 aromatic rings. The molecule has 0 saturated carbocycles. The highest BCUT2D eigenvalue weighted by atomic mass is 16.5. The van der Waals surface area contributed by atoms with Crippen LogP contribution in [0.15, 0.2) is 24.9 Å². The fourth-order valence-corrected chi connectivity index (χ4v) is 1.73. The summed E-state index contributed by atoms with van der Waals surface area (Å²) in [6.45, 7) is 5.98. The molecule has 1 fully saturated rings. The van der Waals surface area contributed by atoms with Gasteiger partial charge in [0, 0.05) is 25.9 Å². The van der Waals surface area contributed by atoms with Gasteiger partial charge in [-0.3, -0.25) is 0 Å². The molecule has 0 aliphatic carbocycles. The van der Waals surface area contributed by atoms with E-state index in [1.54, 1.807) is 12.3 Å². The second kappa shape index (κ2) is 6.20. The molecule has 0 amide bonds. The second-order valence-electron chi connectivity index (χ2n) is 3.95. The van der Waals surface area contributed by atoms with E-state index >= 15 is 0 Å². The summed E-state index contributed by atoms with van der Waals surface area (Å²) in [6, 6.07) is 1.86. The molecular weight excluding hydrogens is 216 g/mol. The van der Waals surface area contributed by atoms with Crippen LogP contribution in [-0.4, -0.2) is 35.8 Å². The zero-order valence-electron chi connectivity index (χ0n) is 9.85. The van der Waals surface area contributed by atoms with Crippen molar-refractivity contribution in [2.24, 2.45) is 0 Å². The normalized spacial score (nSPS) is 18.9. The van der Waals surface area contributed by atoms with E-state index in [2.05, 4.69) is 27.2 Å². The van der Waals surface area contributed by atoms with Gasteiger partial charge >= 0.3 is 0 Å². The van der Waals surface area contributed by atoms with Crippen molar-refractivity contribution in [3.05, 3.63) is 24.9 Å². The molecule has 0 aromatic carbocycles. The molecule has 1 aliphatic rings. The summed E-state index contributed by atoms with van der Waals surface area (Å²) in [7, 11) is 0. The Morgan fingerprint density at radius 3 is 3.24 bits per heavy atom. The van der Waals surface area contributed by atoms with Gasteiger partial charge in [0.15, 0.2) is 0 Å². The highest BCUT2D eigenvalue weighted by Gasteiger charge is 2.14. The van der Waals surface area contributed by atoms with Gasteiger partial charge in [0.1, 0.15) is 5.82 Å². The van der Waals surface area contributed by atoms with Gasteiger partial charge in [-0.15, -0.1) is 6.58 Å². The Balaban J connectivity index is 1.84. The van der Waals surface area contributed by atoms with Crippen LogP contribution >= 0.6 is 0 Å². The molecule has 1 saturated heterocycles. The Labute approximate surface area is 101 Å². The predicted molar refractivity (Wildman–Crippen MR) is 68.2 cm³/mol. The van der Waals surface area contributed by atoms with Crippen LogP contribution < -0.4 is 10.6 Å². The fraction of sp³-hybridized carbons (Fsp3) is 0.500. The van der Waals surface area contributed by atoms with Crippen molar-refractivity contribution in [3.8, 4) is 0 Å². The van der Waals surface area contributed by atoms with E-state index in [4.69, 9.17) is 4.74 Å². The lowest BCUT2D eigenvalue weighted by Gasteiger charge is -2.11. The van der Waals surface area contributed by atoms with E-state index in [9.17, 15) is 0 Å². The minimum atomic E-state index is 0.314. The Morgan fingerprint density at radius 2 is 2.47 bits per heavy atom. The van der Waals surface area contributed by atoms with E-state index in [0.29, 0.717) is 18.6 Å². The smallest absolute Gasteiger partial charge is 0.224 e. The standard InChI is InChI=1S/C12H18N4O/c1-2-6-13-12-14-7-5-11(16-12)15-9-10-4-3-8-17-10/h2,5,7,10H,1,3-4,6,8-9H2,(H2,13,14,15,16). The lowest BCUT2D eigenvalue weighted by molar-refractivity contribution is 0.120. The number of anilines is 2. The number of hydrogen-bond acceptors (Lipinski definition) is 5. The van der Waals surface area contributed by atoms with Crippen LogP contribution in [0.5, 0.6) is 0 Å². The third-order valence-electron chi connectivity index (χ3n) is 2.59. The molecule has 5 heteroatoms. The molecule has 1 atom stereocenters. The van der Waals surface area contributed by atoms with Gasteiger partial charge in [0.2, 0.25) is 5.95 Å². The average molecular weight is 234 g/mol. The molecule has 5 nitrogen and oxygen atoms in total. The van der Waals surface area contributed by atoms with Crippen LogP contribution in [0.2, 0.25) is 0 Å². The third-order valence-corrected chi connectivity index (χ3v) is 2.59. The van der Waals surface area contributed by atoms with E-state index in [1.165, 1.54) is 0 Å². The minimum absolute atomic E-state index is 0.314. The molecule has 2 heterocycles. The largest absolute Gasteiger partial charge is 0.376 e. The number of rotatable bonds is 6. The fourth-order valence-electron chi connectivity index (χ4n) is 1.73. The minimum Gasteiger partial charge on any atom is -0.376 e. The molecule has 92 valence electrons. The maximum Gasteiger partial charge on any atom is 0.224 e.